The summed E-state index contributed by atoms with van der Waals surface area (Å²) in [6, 6.07) is 12.2. The molecular formula is C23H27N5O2. The van der Waals surface area contributed by atoms with Crippen molar-refractivity contribution in [3.8, 4) is 11.6 Å². The molecule has 0 radical (unpaired) electrons. The molecule has 0 atom stereocenters. The average molecular weight is 406 g/mol. The average Bonchev–Trinajstić information content (AvgIpc) is 3.30. The zero-order chi connectivity index (χ0) is 20.6. The van der Waals surface area contributed by atoms with Crippen LogP contribution in [-0.2, 0) is 11.3 Å². The van der Waals surface area contributed by atoms with Crippen LogP contribution < -0.4 is 4.74 Å². The fourth-order valence-electron chi connectivity index (χ4n) is 3.36. The highest BCUT2D eigenvalue weighted by atomic mass is 16.5. The van der Waals surface area contributed by atoms with Gasteiger partial charge in [0.2, 0.25) is 5.88 Å². The second-order valence-corrected chi connectivity index (χ2v) is 7.31. The summed E-state index contributed by atoms with van der Waals surface area (Å²) in [5.74, 6) is 0.607. The Morgan fingerprint density at radius 2 is 2.10 bits per heavy atom. The van der Waals surface area contributed by atoms with Crippen LogP contribution in [0.2, 0.25) is 0 Å². The number of hydrogen-bond acceptors (Lipinski definition) is 6. The standard InChI is InChI=1S/C23H27N5O2/c1-19-3-2-4-20(13-19)16-25-17-21-14-22(28-6-5-24-18-28)15-23(26-21)30-12-9-27-7-10-29-11-8-27/h2-6,13-16,18H,7-12,17H2,1H3. The number of pyridine rings is 1. The van der Waals surface area contributed by atoms with E-state index in [-0.39, 0.29) is 0 Å². The predicted molar refractivity (Wildman–Crippen MR) is 117 cm³/mol. The zero-order valence-corrected chi connectivity index (χ0v) is 17.3. The lowest BCUT2D eigenvalue weighted by Crippen LogP contribution is -2.38. The molecule has 0 spiro atoms. The summed E-state index contributed by atoms with van der Waals surface area (Å²) in [6.07, 6.45) is 7.33. The number of aromatic nitrogens is 3. The van der Waals surface area contributed by atoms with Crippen LogP contribution in [-0.4, -0.2) is 65.1 Å². The van der Waals surface area contributed by atoms with Gasteiger partial charge in [-0.3, -0.25) is 9.89 Å². The van der Waals surface area contributed by atoms with E-state index < -0.39 is 0 Å². The highest BCUT2D eigenvalue weighted by molar-refractivity contribution is 5.79. The Morgan fingerprint density at radius 3 is 2.90 bits per heavy atom. The first-order valence-electron chi connectivity index (χ1n) is 10.2. The maximum atomic E-state index is 5.99. The molecule has 2 aromatic heterocycles. The van der Waals surface area contributed by atoms with E-state index >= 15 is 0 Å². The SMILES string of the molecule is Cc1cccc(C=NCc2cc(-n3ccnc3)cc(OCCN3CCOCC3)n2)c1. The van der Waals surface area contributed by atoms with Crippen molar-refractivity contribution >= 4 is 6.21 Å². The van der Waals surface area contributed by atoms with Gasteiger partial charge in [0.1, 0.15) is 6.61 Å². The van der Waals surface area contributed by atoms with Gasteiger partial charge in [-0.05, 0) is 18.6 Å². The van der Waals surface area contributed by atoms with E-state index in [0.717, 1.165) is 49.8 Å². The van der Waals surface area contributed by atoms with Gasteiger partial charge in [-0.1, -0.05) is 29.8 Å². The minimum absolute atomic E-state index is 0.482. The van der Waals surface area contributed by atoms with Gasteiger partial charge in [-0.15, -0.1) is 0 Å². The Bertz CT molecular complexity index is 965. The van der Waals surface area contributed by atoms with Crippen LogP contribution in [0.4, 0.5) is 0 Å². The van der Waals surface area contributed by atoms with Crippen molar-refractivity contribution < 1.29 is 9.47 Å². The van der Waals surface area contributed by atoms with Gasteiger partial charge >= 0.3 is 0 Å². The summed E-state index contributed by atoms with van der Waals surface area (Å²) in [5.41, 5.74) is 4.12. The van der Waals surface area contributed by atoms with Crippen LogP contribution in [0.1, 0.15) is 16.8 Å². The molecule has 0 bridgehead atoms. The Morgan fingerprint density at radius 1 is 1.20 bits per heavy atom. The van der Waals surface area contributed by atoms with Crippen LogP contribution in [0.25, 0.3) is 5.69 Å². The van der Waals surface area contributed by atoms with E-state index in [0.29, 0.717) is 19.0 Å². The quantitative estimate of drug-likeness (QED) is 0.539. The van der Waals surface area contributed by atoms with E-state index in [4.69, 9.17) is 9.47 Å². The van der Waals surface area contributed by atoms with E-state index in [2.05, 4.69) is 38.9 Å². The fraction of sp³-hybridized carbons (Fsp3) is 0.348. The van der Waals surface area contributed by atoms with Crippen LogP contribution in [0.3, 0.4) is 0 Å². The summed E-state index contributed by atoms with van der Waals surface area (Å²) in [4.78, 5) is 15.7. The highest BCUT2D eigenvalue weighted by Gasteiger charge is 2.11. The Kier molecular flexibility index (Phi) is 6.84. The molecule has 30 heavy (non-hydrogen) atoms. The molecule has 156 valence electrons. The normalized spacial score (nSPS) is 15.0. The van der Waals surface area contributed by atoms with Crippen molar-refractivity contribution in [2.24, 2.45) is 4.99 Å². The van der Waals surface area contributed by atoms with Gasteiger partial charge in [0.15, 0.2) is 0 Å². The number of aryl methyl sites for hydroxylation is 1. The van der Waals surface area contributed by atoms with Crippen molar-refractivity contribution in [1.82, 2.24) is 19.4 Å². The Labute approximate surface area is 177 Å². The molecule has 0 N–H and O–H groups in total. The fourth-order valence-corrected chi connectivity index (χ4v) is 3.36. The number of aliphatic imine (C=N–C) groups is 1. The third-order valence-corrected chi connectivity index (χ3v) is 4.94. The molecule has 1 aromatic carbocycles. The van der Waals surface area contributed by atoms with Crippen molar-refractivity contribution in [1.29, 1.82) is 0 Å². The van der Waals surface area contributed by atoms with Crippen LogP contribution in [0, 0.1) is 6.92 Å². The number of rotatable bonds is 8. The predicted octanol–water partition coefficient (Wildman–Crippen LogP) is 2.91. The van der Waals surface area contributed by atoms with Crippen molar-refractivity contribution in [3.05, 3.63) is 71.9 Å². The molecule has 0 amide bonds. The first kappa shape index (κ1) is 20.3. The molecule has 7 heteroatoms. The number of ether oxygens (including phenoxy) is 2. The largest absolute Gasteiger partial charge is 0.476 e. The van der Waals surface area contributed by atoms with Crippen LogP contribution in [0.5, 0.6) is 5.88 Å². The van der Waals surface area contributed by atoms with Gasteiger partial charge in [0, 0.05) is 44.3 Å². The molecule has 1 fully saturated rings. The number of hydrogen-bond donors (Lipinski definition) is 0. The molecule has 0 unspecified atom stereocenters. The van der Waals surface area contributed by atoms with Gasteiger partial charge < -0.3 is 14.0 Å². The summed E-state index contributed by atoms with van der Waals surface area (Å²) in [6.45, 7) is 7.49. The Hall–Kier alpha value is -3.03. The first-order valence-corrected chi connectivity index (χ1v) is 10.2. The second-order valence-electron chi connectivity index (χ2n) is 7.31. The summed E-state index contributed by atoms with van der Waals surface area (Å²) in [7, 11) is 0. The van der Waals surface area contributed by atoms with Gasteiger partial charge in [0.25, 0.3) is 0 Å². The number of nitrogens with zero attached hydrogens (tertiary/aromatic N) is 5. The number of imidazole rings is 1. The highest BCUT2D eigenvalue weighted by Crippen LogP contribution is 2.17. The maximum absolute atomic E-state index is 5.99. The molecule has 7 nitrogen and oxygen atoms in total. The third kappa shape index (κ3) is 5.75. The lowest BCUT2D eigenvalue weighted by molar-refractivity contribution is 0.0320. The van der Waals surface area contributed by atoms with Crippen molar-refractivity contribution in [2.45, 2.75) is 13.5 Å². The first-order chi connectivity index (χ1) is 14.8. The summed E-state index contributed by atoms with van der Waals surface area (Å²) < 4.78 is 13.3. The molecule has 1 aliphatic rings. The molecule has 4 rings (SSSR count). The summed E-state index contributed by atoms with van der Waals surface area (Å²) >= 11 is 0. The smallest absolute Gasteiger partial charge is 0.215 e. The Balaban J connectivity index is 1.44. The van der Waals surface area contributed by atoms with E-state index in [9.17, 15) is 0 Å². The molecule has 0 saturated carbocycles. The van der Waals surface area contributed by atoms with E-state index in [1.165, 1.54) is 5.56 Å². The molecule has 1 aliphatic heterocycles. The molecule has 3 aromatic rings. The minimum atomic E-state index is 0.482. The third-order valence-electron chi connectivity index (χ3n) is 4.94. The molecule has 0 aliphatic carbocycles. The van der Waals surface area contributed by atoms with Crippen LogP contribution >= 0.6 is 0 Å². The molecule has 1 saturated heterocycles. The van der Waals surface area contributed by atoms with Crippen molar-refractivity contribution in [2.75, 3.05) is 39.5 Å². The molecule has 3 heterocycles. The number of morpholine rings is 1. The zero-order valence-electron chi connectivity index (χ0n) is 17.3. The van der Waals surface area contributed by atoms with Crippen LogP contribution in [0.15, 0.2) is 60.1 Å². The maximum Gasteiger partial charge on any atom is 0.215 e. The lowest BCUT2D eigenvalue weighted by Gasteiger charge is -2.26. The van der Waals surface area contributed by atoms with Gasteiger partial charge in [0.05, 0.1) is 37.5 Å². The minimum Gasteiger partial charge on any atom is -0.476 e. The van der Waals surface area contributed by atoms with Crippen molar-refractivity contribution in [3.63, 3.8) is 0 Å². The van der Waals surface area contributed by atoms with Gasteiger partial charge in [-0.25, -0.2) is 9.97 Å². The second kappa shape index (κ2) is 10.1. The molecular weight excluding hydrogens is 378 g/mol. The topological polar surface area (TPSA) is 64.8 Å². The lowest BCUT2D eigenvalue weighted by atomic mass is 10.1. The summed E-state index contributed by atoms with van der Waals surface area (Å²) in [5, 5.41) is 0. The monoisotopic (exact) mass is 405 g/mol. The number of benzene rings is 1. The van der Waals surface area contributed by atoms with E-state index in [1.54, 1.807) is 12.5 Å². The van der Waals surface area contributed by atoms with E-state index in [1.807, 2.05) is 41.2 Å². The van der Waals surface area contributed by atoms with Gasteiger partial charge in [-0.2, -0.15) is 0 Å².